The molecule has 5 heteroatoms. The number of ether oxygens (including phenoxy) is 1. The predicted molar refractivity (Wildman–Crippen MR) is 96.9 cm³/mol. The smallest absolute Gasteiger partial charge is 0.407 e. The van der Waals surface area contributed by atoms with Gasteiger partial charge in [0.15, 0.2) is 0 Å². The zero-order chi connectivity index (χ0) is 17.6. The van der Waals surface area contributed by atoms with Crippen LogP contribution in [0.1, 0.15) is 32.3 Å². The summed E-state index contributed by atoms with van der Waals surface area (Å²) in [6.45, 7) is 6.91. The zero-order valence-electron chi connectivity index (χ0n) is 15.3. The van der Waals surface area contributed by atoms with Crippen LogP contribution >= 0.6 is 0 Å². The summed E-state index contributed by atoms with van der Waals surface area (Å²) in [5.74, 6) is 0. The molecule has 0 radical (unpaired) electrons. The van der Waals surface area contributed by atoms with Gasteiger partial charge in [-0.05, 0) is 37.9 Å². The highest BCUT2D eigenvalue weighted by Gasteiger charge is 2.31. The van der Waals surface area contributed by atoms with Gasteiger partial charge in [-0.2, -0.15) is 0 Å². The van der Waals surface area contributed by atoms with Gasteiger partial charge in [-0.15, -0.1) is 0 Å². The molecular weight excluding hydrogens is 302 g/mol. The van der Waals surface area contributed by atoms with Crippen molar-refractivity contribution in [1.82, 2.24) is 15.5 Å². The van der Waals surface area contributed by atoms with Crippen LogP contribution in [0.4, 0.5) is 4.79 Å². The summed E-state index contributed by atoms with van der Waals surface area (Å²) >= 11 is 0. The van der Waals surface area contributed by atoms with Gasteiger partial charge in [0.1, 0.15) is 6.61 Å². The summed E-state index contributed by atoms with van der Waals surface area (Å²) in [6, 6.07) is 10.4. The molecule has 24 heavy (non-hydrogen) atoms. The lowest BCUT2D eigenvalue weighted by molar-refractivity contribution is 0.123. The minimum Gasteiger partial charge on any atom is -0.445 e. The average Bonchev–Trinajstić information content (AvgIpc) is 2.47. The van der Waals surface area contributed by atoms with Crippen LogP contribution in [-0.4, -0.2) is 50.3 Å². The predicted octanol–water partition coefficient (Wildman–Crippen LogP) is 2.62. The van der Waals surface area contributed by atoms with Crippen LogP contribution in [0.15, 0.2) is 30.3 Å². The van der Waals surface area contributed by atoms with Gasteiger partial charge >= 0.3 is 6.09 Å². The molecule has 2 rings (SSSR count). The van der Waals surface area contributed by atoms with Crippen LogP contribution in [0.3, 0.4) is 0 Å². The maximum atomic E-state index is 11.8. The van der Waals surface area contributed by atoms with E-state index in [2.05, 4.69) is 43.5 Å². The van der Waals surface area contributed by atoms with Crippen LogP contribution in [0.2, 0.25) is 0 Å². The molecular formula is C19H31N3O2. The van der Waals surface area contributed by atoms with Crippen LogP contribution in [0.25, 0.3) is 0 Å². The minimum absolute atomic E-state index is 0.225. The van der Waals surface area contributed by atoms with Gasteiger partial charge in [-0.1, -0.05) is 44.2 Å². The third-order valence-corrected chi connectivity index (χ3v) is 4.29. The summed E-state index contributed by atoms with van der Waals surface area (Å²) in [5, 5.41) is 6.54. The molecule has 0 heterocycles. The highest BCUT2D eigenvalue weighted by atomic mass is 16.5. The van der Waals surface area contributed by atoms with Gasteiger partial charge in [0, 0.05) is 25.2 Å². The maximum absolute atomic E-state index is 11.8. The Kier molecular flexibility index (Phi) is 6.63. The number of rotatable bonds is 8. The third-order valence-electron chi connectivity index (χ3n) is 4.29. The molecule has 5 nitrogen and oxygen atoms in total. The lowest BCUT2D eigenvalue weighted by Crippen LogP contribution is -2.54. The molecule has 1 aliphatic carbocycles. The molecule has 2 N–H and O–H groups in total. The first kappa shape index (κ1) is 18.7. The van der Waals surface area contributed by atoms with E-state index in [1.54, 1.807) is 0 Å². The zero-order valence-corrected chi connectivity index (χ0v) is 15.3. The van der Waals surface area contributed by atoms with E-state index in [0.29, 0.717) is 12.6 Å². The Morgan fingerprint density at radius 2 is 1.88 bits per heavy atom. The molecule has 0 bridgehead atoms. The number of hydrogen-bond donors (Lipinski definition) is 2. The number of hydrogen-bond acceptors (Lipinski definition) is 4. The number of carbonyl (C=O) groups is 1. The first-order chi connectivity index (χ1) is 11.3. The molecule has 1 fully saturated rings. The fraction of sp³-hybridized carbons (Fsp3) is 0.632. The quantitative estimate of drug-likeness (QED) is 0.768. The molecule has 0 aliphatic heterocycles. The Balaban J connectivity index is 1.58. The summed E-state index contributed by atoms with van der Waals surface area (Å²) in [5.41, 5.74) is 1.25. The van der Waals surface area contributed by atoms with Crippen molar-refractivity contribution in [3.05, 3.63) is 35.9 Å². The molecule has 0 atom stereocenters. The normalized spacial score (nSPS) is 20.5. The van der Waals surface area contributed by atoms with Gasteiger partial charge in [0.2, 0.25) is 0 Å². The van der Waals surface area contributed by atoms with Crippen LogP contribution < -0.4 is 10.6 Å². The Labute approximate surface area is 145 Å². The number of carbonyl (C=O) groups excluding carboxylic acids is 1. The first-order valence-electron chi connectivity index (χ1n) is 8.69. The second-order valence-corrected chi connectivity index (χ2v) is 7.85. The molecule has 1 amide bonds. The topological polar surface area (TPSA) is 53.6 Å². The summed E-state index contributed by atoms with van der Waals surface area (Å²) < 4.78 is 5.25. The third kappa shape index (κ3) is 6.49. The molecule has 1 aromatic rings. The van der Waals surface area contributed by atoms with E-state index < -0.39 is 0 Å². The van der Waals surface area contributed by atoms with E-state index in [4.69, 9.17) is 4.74 Å². The van der Waals surface area contributed by atoms with Crippen molar-refractivity contribution in [3.8, 4) is 0 Å². The van der Waals surface area contributed by atoms with E-state index >= 15 is 0 Å². The highest BCUT2D eigenvalue weighted by molar-refractivity contribution is 5.67. The molecule has 1 saturated carbocycles. The van der Waals surface area contributed by atoms with Gasteiger partial charge in [0.05, 0.1) is 0 Å². The van der Waals surface area contributed by atoms with E-state index in [0.717, 1.165) is 31.5 Å². The molecule has 0 unspecified atom stereocenters. The molecule has 1 aliphatic rings. The summed E-state index contributed by atoms with van der Waals surface area (Å²) in [7, 11) is 4.21. The van der Waals surface area contributed by atoms with Gasteiger partial charge < -0.3 is 20.3 Å². The fourth-order valence-corrected chi connectivity index (χ4v) is 3.17. The van der Waals surface area contributed by atoms with Crippen LogP contribution in [0, 0.1) is 5.41 Å². The second kappa shape index (κ2) is 8.49. The molecule has 0 spiro atoms. The molecule has 1 aromatic carbocycles. The number of benzene rings is 1. The van der Waals surface area contributed by atoms with Crippen LogP contribution in [0.5, 0.6) is 0 Å². The van der Waals surface area contributed by atoms with Crippen molar-refractivity contribution in [2.45, 2.75) is 45.4 Å². The van der Waals surface area contributed by atoms with Crippen LogP contribution in [-0.2, 0) is 11.3 Å². The monoisotopic (exact) mass is 333 g/mol. The lowest BCUT2D eigenvalue weighted by Gasteiger charge is -2.39. The van der Waals surface area contributed by atoms with Crippen molar-refractivity contribution < 1.29 is 9.53 Å². The van der Waals surface area contributed by atoms with Crippen molar-refractivity contribution in [2.75, 3.05) is 27.2 Å². The average molecular weight is 333 g/mol. The van der Waals surface area contributed by atoms with Crippen molar-refractivity contribution in [3.63, 3.8) is 0 Å². The van der Waals surface area contributed by atoms with E-state index in [1.165, 1.54) is 0 Å². The lowest BCUT2D eigenvalue weighted by atomic mass is 9.85. The highest BCUT2D eigenvalue weighted by Crippen LogP contribution is 2.22. The first-order valence-corrected chi connectivity index (χ1v) is 8.69. The van der Waals surface area contributed by atoms with E-state index in [1.807, 2.05) is 30.3 Å². The number of amides is 1. The molecule has 0 aromatic heterocycles. The number of nitrogens with zero attached hydrogens (tertiary/aromatic N) is 1. The molecule has 0 saturated heterocycles. The Morgan fingerprint density at radius 3 is 2.50 bits per heavy atom. The Hall–Kier alpha value is -1.59. The van der Waals surface area contributed by atoms with Gasteiger partial charge in [-0.25, -0.2) is 4.79 Å². The Morgan fingerprint density at radius 1 is 1.21 bits per heavy atom. The van der Waals surface area contributed by atoms with E-state index in [-0.39, 0.29) is 17.6 Å². The van der Waals surface area contributed by atoms with E-state index in [9.17, 15) is 4.79 Å². The second-order valence-electron chi connectivity index (χ2n) is 7.85. The molecule has 134 valence electrons. The summed E-state index contributed by atoms with van der Waals surface area (Å²) in [4.78, 5) is 14.0. The van der Waals surface area contributed by atoms with Gasteiger partial charge in [0.25, 0.3) is 0 Å². The Bertz CT molecular complexity index is 511. The largest absolute Gasteiger partial charge is 0.445 e. The minimum atomic E-state index is -0.324. The standard InChI is InChI=1S/C19H31N3O2/c1-19(2,14-22(3)4)13-20-16-10-17(11-16)21-18(23)24-12-15-8-6-5-7-9-15/h5-9,16-17,20H,10-14H2,1-4H3,(H,21,23). The SMILES string of the molecule is CN(C)CC(C)(C)CNC1CC(NC(=O)OCc2ccccc2)C1. The van der Waals surface area contributed by atoms with Gasteiger partial charge in [-0.3, -0.25) is 0 Å². The summed E-state index contributed by atoms with van der Waals surface area (Å²) in [6.07, 6.45) is 1.62. The van der Waals surface area contributed by atoms with Crippen molar-refractivity contribution >= 4 is 6.09 Å². The van der Waals surface area contributed by atoms with Crippen molar-refractivity contribution in [1.29, 1.82) is 0 Å². The fourth-order valence-electron chi connectivity index (χ4n) is 3.17. The maximum Gasteiger partial charge on any atom is 0.407 e. The number of nitrogens with one attached hydrogen (secondary N) is 2. The van der Waals surface area contributed by atoms with Crippen molar-refractivity contribution in [2.24, 2.45) is 5.41 Å². The number of alkyl carbamates (subject to hydrolysis) is 1.